The molecule has 0 spiro atoms. The molecule has 7 nitrogen and oxygen atoms in total. The Morgan fingerprint density at radius 2 is 1.56 bits per heavy atom. The average molecular weight is 709 g/mol. The number of nitrogens with one attached hydrogen (secondary N) is 1. The van der Waals surface area contributed by atoms with Crippen molar-refractivity contribution in [2.45, 2.75) is 56.9 Å². The highest BCUT2D eigenvalue weighted by molar-refractivity contribution is 14.1. The summed E-state index contributed by atoms with van der Waals surface area (Å²) in [6.45, 7) is 2.12. The van der Waals surface area contributed by atoms with Crippen molar-refractivity contribution in [3.63, 3.8) is 0 Å². The molecule has 2 amide bonds. The monoisotopic (exact) mass is 708 g/mol. The van der Waals surface area contributed by atoms with Crippen LogP contribution in [-0.4, -0.2) is 46.5 Å². The molecule has 0 unspecified atom stereocenters. The molecule has 1 saturated heterocycles. The molecule has 0 bridgehead atoms. The van der Waals surface area contributed by atoms with E-state index in [-0.39, 0.29) is 12.5 Å². The minimum absolute atomic E-state index is 0.110. The summed E-state index contributed by atoms with van der Waals surface area (Å²) in [5, 5.41) is 13.0. The lowest BCUT2D eigenvalue weighted by Gasteiger charge is -2.48. The third-order valence-corrected chi connectivity index (χ3v) is 8.26. The number of nitrogens with zero attached hydrogens (tertiary/aromatic N) is 1. The van der Waals surface area contributed by atoms with E-state index in [1.807, 2.05) is 60.4 Å². The normalized spacial score (nSPS) is 19.6. The predicted octanol–water partition coefficient (Wildman–Crippen LogP) is 6.61. The summed E-state index contributed by atoms with van der Waals surface area (Å²) in [4.78, 5) is 39.6. The van der Waals surface area contributed by atoms with Crippen molar-refractivity contribution in [3.05, 3.63) is 103 Å². The number of hydrogen-bond donors (Lipinski definition) is 2. The zero-order valence-corrected chi connectivity index (χ0v) is 26.1. The van der Waals surface area contributed by atoms with Gasteiger partial charge in [0, 0.05) is 32.6 Å². The van der Waals surface area contributed by atoms with Crippen molar-refractivity contribution in [1.29, 1.82) is 0 Å². The van der Waals surface area contributed by atoms with Crippen LogP contribution in [0.1, 0.15) is 55.0 Å². The number of hydrogen-bond acceptors (Lipinski definition) is 4. The molecule has 10 heteroatoms. The van der Waals surface area contributed by atoms with Gasteiger partial charge in [-0.25, -0.2) is 0 Å². The van der Waals surface area contributed by atoms with Crippen LogP contribution in [0.15, 0.2) is 72.8 Å². The van der Waals surface area contributed by atoms with Gasteiger partial charge in [0.25, 0.3) is 5.91 Å². The van der Waals surface area contributed by atoms with Gasteiger partial charge in [-0.2, -0.15) is 0 Å². The molecule has 216 valence electrons. The van der Waals surface area contributed by atoms with Crippen molar-refractivity contribution in [2.75, 3.05) is 6.54 Å². The molecule has 3 aromatic rings. The molecule has 4 atom stereocenters. The fraction of sp³-hybridized carbons (Fsp3) is 0.323. The van der Waals surface area contributed by atoms with Crippen LogP contribution in [0.3, 0.4) is 0 Å². The van der Waals surface area contributed by atoms with E-state index >= 15 is 0 Å². The molecule has 3 aromatic carbocycles. The number of amides is 2. The van der Waals surface area contributed by atoms with E-state index in [1.165, 1.54) is 0 Å². The van der Waals surface area contributed by atoms with Gasteiger partial charge < -0.3 is 20.1 Å². The van der Waals surface area contributed by atoms with Crippen LogP contribution in [0.25, 0.3) is 0 Å². The first-order chi connectivity index (χ1) is 19.7. The topological polar surface area (TPSA) is 95.9 Å². The number of rotatable bonds is 11. The Morgan fingerprint density at radius 3 is 2.12 bits per heavy atom. The molecule has 2 N–H and O–H groups in total. The highest BCUT2D eigenvalue weighted by Crippen LogP contribution is 2.44. The Bertz CT molecular complexity index is 1350. The zero-order chi connectivity index (χ0) is 29.5. The summed E-state index contributed by atoms with van der Waals surface area (Å²) in [6.07, 6.45) is -0.271. The maximum Gasteiger partial charge on any atom is 0.312 e. The standard InChI is InChI=1S/C31H31Cl2IN2O5/c1-2-3-25(18-35-27(37)17-28(38)39)36-29(20-6-10-22(32)11-7-20)30(21-8-12-23(33)13-9-21)41-26(31(36)40)16-19-4-14-24(34)15-5-19/h4-15,25-26,29-30H,2-3,16-18H2,1H3,(H,35,37)(H,38,39)/t25-,26-,29+,30-/m0/s1. The SMILES string of the molecule is CCC[C@@H](CNC(=O)CC(=O)O)N1C(=O)[C@H](Cc2ccc(I)cc2)O[C@@H](c2ccc(Cl)cc2)[C@H]1c1ccc(Cl)cc1. The van der Waals surface area contributed by atoms with Crippen LogP contribution in [0.5, 0.6) is 0 Å². The van der Waals surface area contributed by atoms with E-state index in [1.54, 1.807) is 24.3 Å². The van der Waals surface area contributed by atoms with Crippen molar-refractivity contribution in [2.24, 2.45) is 0 Å². The molecule has 41 heavy (non-hydrogen) atoms. The van der Waals surface area contributed by atoms with Crippen molar-refractivity contribution in [3.8, 4) is 0 Å². The Balaban J connectivity index is 1.79. The summed E-state index contributed by atoms with van der Waals surface area (Å²) >= 11 is 14.7. The number of halogens is 3. The number of carbonyl (C=O) groups is 3. The molecule has 0 aliphatic carbocycles. The molecule has 1 aliphatic heterocycles. The number of carbonyl (C=O) groups excluding carboxylic acids is 2. The number of aliphatic carboxylic acids is 1. The van der Waals surface area contributed by atoms with Gasteiger partial charge in [-0.3, -0.25) is 14.4 Å². The number of benzene rings is 3. The first kappa shape index (κ1) is 31.3. The summed E-state index contributed by atoms with van der Waals surface area (Å²) in [7, 11) is 0. The van der Waals surface area contributed by atoms with Crippen LogP contribution >= 0.6 is 45.8 Å². The smallest absolute Gasteiger partial charge is 0.312 e. The van der Waals surface area contributed by atoms with Gasteiger partial charge in [0.05, 0.1) is 6.04 Å². The summed E-state index contributed by atoms with van der Waals surface area (Å²) < 4.78 is 7.75. The lowest BCUT2D eigenvalue weighted by molar-refractivity contribution is -0.179. The maximum absolute atomic E-state index is 14.4. The van der Waals surface area contributed by atoms with E-state index < -0.39 is 42.6 Å². The number of carboxylic acid groups (broad SMARTS) is 1. The van der Waals surface area contributed by atoms with Crippen LogP contribution in [0.4, 0.5) is 0 Å². The molecule has 4 rings (SSSR count). The molecule has 0 radical (unpaired) electrons. The van der Waals surface area contributed by atoms with Crippen LogP contribution in [0.2, 0.25) is 10.0 Å². The summed E-state index contributed by atoms with van der Waals surface area (Å²) in [5.41, 5.74) is 2.64. The Morgan fingerprint density at radius 1 is 0.976 bits per heavy atom. The molecule has 1 heterocycles. The summed E-state index contributed by atoms with van der Waals surface area (Å²) in [6, 6.07) is 21.7. The number of carboxylic acids is 1. The van der Waals surface area contributed by atoms with Crippen molar-refractivity contribution < 1.29 is 24.2 Å². The summed E-state index contributed by atoms with van der Waals surface area (Å²) in [5.74, 6) is -2.01. The van der Waals surface area contributed by atoms with E-state index in [0.717, 1.165) is 26.7 Å². The van der Waals surface area contributed by atoms with Gasteiger partial charge >= 0.3 is 5.97 Å². The average Bonchev–Trinajstić information content (AvgIpc) is 2.94. The Hall–Kier alpha value is -2.66. The second-order valence-electron chi connectivity index (χ2n) is 9.99. The minimum Gasteiger partial charge on any atom is -0.481 e. The van der Waals surface area contributed by atoms with E-state index in [9.17, 15) is 14.4 Å². The maximum atomic E-state index is 14.4. The highest BCUT2D eigenvalue weighted by atomic mass is 127. The van der Waals surface area contributed by atoms with Gasteiger partial charge in [0.15, 0.2) is 0 Å². The number of ether oxygens (including phenoxy) is 1. The lowest BCUT2D eigenvalue weighted by Crippen LogP contribution is -2.57. The number of morpholine rings is 1. The molecule has 0 aromatic heterocycles. The van der Waals surface area contributed by atoms with Crippen LogP contribution < -0.4 is 5.32 Å². The minimum atomic E-state index is -1.21. The van der Waals surface area contributed by atoms with Gasteiger partial charge in [-0.05, 0) is 82.1 Å². The first-order valence-corrected chi connectivity index (χ1v) is 15.2. The molecule has 1 fully saturated rings. The third-order valence-electron chi connectivity index (χ3n) is 7.03. The van der Waals surface area contributed by atoms with Gasteiger partial charge in [-0.1, -0.05) is 72.9 Å². The van der Waals surface area contributed by atoms with E-state index in [2.05, 4.69) is 27.9 Å². The third kappa shape index (κ3) is 8.22. The Labute approximate surface area is 263 Å². The fourth-order valence-electron chi connectivity index (χ4n) is 5.15. The zero-order valence-electron chi connectivity index (χ0n) is 22.4. The lowest BCUT2D eigenvalue weighted by atomic mass is 9.88. The molecular weight excluding hydrogens is 678 g/mol. The van der Waals surface area contributed by atoms with Gasteiger partial charge in [-0.15, -0.1) is 0 Å². The van der Waals surface area contributed by atoms with Crippen molar-refractivity contribution >= 4 is 63.6 Å². The largest absolute Gasteiger partial charge is 0.481 e. The Kier molecular flexibility index (Phi) is 11.1. The second-order valence-corrected chi connectivity index (χ2v) is 12.1. The van der Waals surface area contributed by atoms with Crippen molar-refractivity contribution in [1.82, 2.24) is 10.2 Å². The van der Waals surface area contributed by atoms with Gasteiger partial charge in [0.2, 0.25) is 5.91 Å². The van der Waals surface area contributed by atoms with Gasteiger partial charge in [0.1, 0.15) is 18.6 Å². The second kappa shape index (κ2) is 14.5. The quantitative estimate of drug-likeness (QED) is 0.173. The molecule has 1 aliphatic rings. The molecular formula is C31H31Cl2IN2O5. The molecule has 0 saturated carbocycles. The van der Waals surface area contributed by atoms with E-state index in [0.29, 0.717) is 22.9 Å². The van der Waals surface area contributed by atoms with E-state index in [4.69, 9.17) is 33.0 Å². The van der Waals surface area contributed by atoms with Crippen LogP contribution in [0, 0.1) is 3.57 Å². The fourth-order valence-corrected chi connectivity index (χ4v) is 5.76. The van der Waals surface area contributed by atoms with Crippen LogP contribution in [-0.2, 0) is 25.5 Å². The predicted molar refractivity (Wildman–Crippen MR) is 167 cm³/mol. The highest BCUT2D eigenvalue weighted by Gasteiger charge is 2.46. The first-order valence-electron chi connectivity index (χ1n) is 13.4.